The SMILES string of the molecule is O=C(O)c1cc(-c2cccnc2)ccc1Br. The molecule has 2 aromatic rings. The van der Waals surface area contributed by atoms with Crippen molar-refractivity contribution in [3.8, 4) is 11.1 Å². The van der Waals surface area contributed by atoms with Gasteiger partial charge in [0.05, 0.1) is 5.56 Å². The molecule has 1 aromatic heterocycles. The van der Waals surface area contributed by atoms with E-state index in [4.69, 9.17) is 5.11 Å². The minimum Gasteiger partial charge on any atom is -0.478 e. The zero-order chi connectivity index (χ0) is 11.5. The quantitative estimate of drug-likeness (QED) is 0.917. The van der Waals surface area contributed by atoms with Crippen LogP contribution in [-0.4, -0.2) is 16.1 Å². The smallest absolute Gasteiger partial charge is 0.336 e. The monoisotopic (exact) mass is 277 g/mol. The fraction of sp³-hybridized carbons (Fsp3) is 0. The Hall–Kier alpha value is -1.68. The lowest BCUT2D eigenvalue weighted by Crippen LogP contribution is -1.97. The molecular weight excluding hydrogens is 270 g/mol. The molecule has 0 saturated carbocycles. The van der Waals surface area contributed by atoms with E-state index in [1.807, 2.05) is 18.2 Å². The Bertz CT molecular complexity index is 526. The number of carbonyl (C=O) groups is 1. The number of aromatic carboxylic acids is 1. The van der Waals surface area contributed by atoms with Gasteiger partial charge in [-0.15, -0.1) is 0 Å². The van der Waals surface area contributed by atoms with Gasteiger partial charge < -0.3 is 5.11 Å². The van der Waals surface area contributed by atoms with Crippen LogP contribution in [0.5, 0.6) is 0 Å². The molecule has 1 aromatic carbocycles. The largest absolute Gasteiger partial charge is 0.478 e. The zero-order valence-corrected chi connectivity index (χ0v) is 9.81. The topological polar surface area (TPSA) is 50.2 Å². The van der Waals surface area contributed by atoms with E-state index in [2.05, 4.69) is 20.9 Å². The third-order valence-corrected chi connectivity index (χ3v) is 2.88. The van der Waals surface area contributed by atoms with E-state index in [1.54, 1.807) is 24.5 Å². The van der Waals surface area contributed by atoms with Crippen LogP contribution < -0.4 is 0 Å². The molecule has 0 amide bonds. The molecule has 4 heteroatoms. The van der Waals surface area contributed by atoms with Gasteiger partial charge in [-0.05, 0) is 39.7 Å². The Morgan fingerprint density at radius 3 is 2.69 bits per heavy atom. The van der Waals surface area contributed by atoms with Crippen molar-refractivity contribution in [1.29, 1.82) is 0 Å². The molecule has 2 rings (SSSR count). The number of hydrogen-bond donors (Lipinski definition) is 1. The summed E-state index contributed by atoms with van der Waals surface area (Å²) in [6.45, 7) is 0. The van der Waals surface area contributed by atoms with Crippen molar-refractivity contribution in [3.63, 3.8) is 0 Å². The molecule has 0 aliphatic carbocycles. The van der Waals surface area contributed by atoms with E-state index in [0.29, 0.717) is 4.47 Å². The first-order chi connectivity index (χ1) is 7.68. The summed E-state index contributed by atoms with van der Waals surface area (Å²) >= 11 is 3.21. The highest BCUT2D eigenvalue weighted by Gasteiger charge is 2.09. The molecule has 0 fully saturated rings. The van der Waals surface area contributed by atoms with Gasteiger partial charge in [0.1, 0.15) is 0 Å². The van der Waals surface area contributed by atoms with Crippen LogP contribution in [0.3, 0.4) is 0 Å². The van der Waals surface area contributed by atoms with Crippen molar-refractivity contribution in [2.75, 3.05) is 0 Å². The molecule has 3 nitrogen and oxygen atoms in total. The molecule has 1 heterocycles. The van der Waals surface area contributed by atoms with Crippen LogP contribution in [0.1, 0.15) is 10.4 Å². The fourth-order valence-corrected chi connectivity index (χ4v) is 1.82. The first-order valence-electron chi connectivity index (χ1n) is 4.62. The Morgan fingerprint density at radius 2 is 2.06 bits per heavy atom. The number of carboxylic acids is 1. The Morgan fingerprint density at radius 1 is 1.25 bits per heavy atom. The first-order valence-corrected chi connectivity index (χ1v) is 5.41. The summed E-state index contributed by atoms with van der Waals surface area (Å²) in [5.41, 5.74) is 1.99. The Kier molecular flexibility index (Phi) is 3.01. The van der Waals surface area contributed by atoms with Crippen LogP contribution in [0.25, 0.3) is 11.1 Å². The minimum atomic E-state index is -0.947. The van der Waals surface area contributed by atoms with Crippen molar-refractivity contribution >= 4 is 21.9 Å². The third-order valence-electron chi connectivity index (χ3n) is 2.19. The number of aromatic nitrogens is 1. The maximum absolute atomic E-state index is 11.0. The number of carboxylic acid groups (broad SMARTS) is 1. The van der Waals surface area contributed by atoms with Crippen molar-refractivity contribution in [1.82, 2.24) is 4.98 Å². The zero-order valence-electron chi connectivity index (χ0n) is 8.22. The van der Waals surface area contributed by atoms with Crippen LogP contribution in [0.4, 0.5) is 0 Å². The van der Waals surface area contributed by atoms with Gasteiger partial charge in [-0.1, -0.05) is 12.1 Å². The second-order valence-electron chi connectivity index (χ2n) is 3.24. The molecule has 0 unspecified atom stereocenters. The maximum Gasteiger partial charge on any atom is 0.336 e. The summed E-state index contributed by atoms with van der Waals surface area (Å²) < 4.78 is 0.577. The molecule has 0 atom stereocenters. The third kappa shape index (κ3) is 2.12. The summed E-state index contributed by atoms with van der Waals surface area (Å²) in [4.78, 5) is 15.0. The fourth-order valence-electron chi connectivity index (χ4n) is 1.40. The average molecular weight is 278 g/mol. The van der Waals surface area contributed by atoms with Gasteiger partial charge in [0, 0.05) is 22.4 Å². The lowest BCUT2D eigenvalue weighted by atomic mass is 10.1. The van der Waals surface area contributed by atoms with Crippen LogP contribution in [-0.2, 0) is 0 Å². The highest BCUT2D eigenvalue weighted by atomic mass is 79.9. The molecule has 0 saturated heterocycles. The van der Waals surface area contributed by atoms with Crippen LogP contribution in [0.2, 0.25) is 0 Å². The summed E-state index contributed by atoms with van der Waals surface area (Å²) in [5.74, 6) is -0.947. The molecule has 80 valence electrons. The van der Waals surface area contributed by atoms with E-state index < -0.39 is 5.97 Å². The standard InChI is InChI=1S/C12H8BrNO2/c13-11-4-3-8(6-10(11)12(15)16)9-2-1-5-14-7-9/h1-7H,(H,15,16). The van der Waals surface area contributed by atoms with Crippen LogP contribution in [0, 0.1) is 0 Å². The van der Waals surface area contributed by atoms with Gasteiger partial charge in [-0.3, -0.25) is 4.98 Å². The molecule has 0 aliphatic heterocycles. The molecule has 0 spiro atoms. The molecule has 0 aliphatic rings. The Labute approximate surface area is 101 Å². The van der Waals surface area contributed by atoms with Crippen LogP contribution >= 0.6 is 15.9 Å². The van der Waals surface area contributed by atoms with E-state index in [-0.39, 0.29) is 5.56 Å². The summed E-state index contributed by atoms with van der Waals surface area (Å²) in [6, 6.07) is 8.92. The molecule has 0 radical (unpaired) electrons. The predicted molar refractivity (Wildman–Crippen MR) is 64.3 cm³/mol. The van der Waals surface area contributed by atoms with Gasteiger partial charge in [-0.2, -0.15) is 0 Å². The maximum atomic E-state index is 11.0. The van der Waals surface area contributed by atoms with Gasteiger partial charge >= 0.3 is 5.97 Å². The minimum absolute atomic E-state index is 0.251. The lowest BCUT2D eigenvalue weighted by molar-refractivity contribution is 0.0696. The van der Waals surface area contributed by atoms with E-state index in [1.165, 1.54) is 0 Å². The van der Waals surface area contributed by atoms with Crippen molar-refractivity contribution in [2.45, 2.75) is 0 Å². The van der Waals surface area contributed by atoms with E-state index in [0.717, 1.165) is 11.1 Å². The lowest BCUT2D eigenvalue weighted by Gasteiger charge is -2.04. The second kappa shape index (κ2) is 4.45. The van der Waals surface area contributed by atoms with Gasteiger partial charge in [0.25, 0.3) is 0 Å². The van der Waals surface area contributed by atoms with E-state index in [9.17, 15) is 4.79 Å². The van der Waals surface area contributed by atoms with Crippen molar-refractivity contribution < 1.29 is 9.90 Å². The second-order valence-corrected chi connectivity index (χ2v) is 4.10. The normalized spacial score (nSPS) is 10.1. The van der Waals surface area contributed by atoms with Crippen LogP contribution in [0.15, 0.2) is 47.2 Å². The van der Waals surface area contributed by atoms with Gasteiger partial charge in [0.15, 0.2) is 0 Å². The average Bonchev–Trinajstić information content (AvgIpc) is 2.30. The first kappa shape index (κ1) is 10.8. The molecule has 1 N–H and O–H groups in total. The summed E-state index contributed by atoms with van der Waals surface area (Å²) in [7, 11) is 0. The molecule has 0 bridgehead atoms. The summed E-state index contributed by atoms with van der Waals surface area (Å²) in [5, 5.41) is 8.99. The van der Waals surface area contributed by atoms with E-state index >= 15 is 0 Å². The molecule has 16 heavy (non-hydrogen) atoms. The number of hydrogen-bond acceptors (Lipinski definition) is 2. The van der Waals surface area contributed by atoms with Crippen molar-refractivity contribution in [3.05, 3.63) is 52.8 Å². The Balaban J connectivity index is 2.52. The number of rotatable bonds is 2. The highest BCUT2D eigenvalue weighted by Crippen LogP contribution is 2.24. The van der Waals surface area contributed by atoms with Crippen molar-refractivity contribution in [2.24, 2.45) is 0 Å². The summed E-state index contributed by atoms with van der Waals surface area (Å²) in [6.07, 6.45) is 3.38. The number of benzene rings is 1. The van der Waals surface area contributed by atoms with Gasteiger partial charge in [0.2, 0.25) is 0 Å². The van der Waals surface area contributed by atoms with Gasteiger partial charge in [-0.25, -0.2) is 4.79 Å². The molecular formula is C12H8BrNO2. The highest BCUT2D eigenvalue weighted by molar-refractivity contribution is 9.10. The number of pyridine rings is 1. The number of nitrogens with zero attached hydrogens (tertiary/aromatic N) is 1. The number of halogens is 1. The predicted octanol–water partition coefficient (Wildman–Crippen LogP) is 3.21.